The van der Waals surface area contributed by atoms with Crippen LogP contribution in [0.5, 0.6) is 0 Å². The average molecular weight is 352 g/mol. The van der Waals surface area contributed by atoms with E-state index in [4.69, 9.17) is 0 Å². The van der Waals surface area contributed by atoms with Gasteiger partial charge in [-0.3, -0.25) is 4.99 Å². The monoisotopic (exact) mass is 352 g/mol. The molecule has 2 aliphatic rings. The van der Waals surface area contributed by atoms with Crippen molar-refractivity contribution in [1.82, 2.24) is 15.5 Å². The topological polar surface area (TPSA) is 39.7 Å². The summed E-state index contributed by atoms with van der Waals surface area (Å²) in [6, 6.07) is 0.648. The highest BCUT2D eigenvalue weighted by molar-refractivity contribution is 14.0. The average Bonchev–Trinajstić information content (AvgIpc) is 2.72. The molecule has 4 nitrogen and oxygen atoms in total. The van der Waals surface area contributed by atoms with Crippen LogP contribution in [0.1, 0.15) is 32.1 Å². The molecule has 1 aliphatic heterocycles. The van der Waals surface area contributed by atoms with Crippen LogP contribution in [0, 0.1) is 0 Å². The van der Waals surface area contributed by atoms with Gasteiger partial charge in [-0.15, -0.1) is 24.0 Å². The quantitative estimate of drug-likeness (QED) is 0.457. The lowest BCUT2D eigenvalue weighted by atomic mass is 10.2. The van der Waals surface area contributed by atoms with Gasteiger partial charge in [-0.25, -0.2) is 0 Å². The number of nitrogens with one attached hydrogen (secondary N) is 2. The van der Waals surface area contributed by atoms with E-state index in [-0.39, 0.29) is 24.0 Å². The van der Waals surface area contributed by atoms with Crippen molar-refractivity contribution in [2.75, 3.05) is 33.2 Å². The molecule has 100 valence electrons. The largest absolute Gasteiger partial charge is 0.355 e. The number of halogens is 1. The van der Waals surface area contributed by atoms with E-state index in [1.54, 1.807) is 0 Å². The second kappa shape index (κ2) is 8.13. The minimum Gasteiger partial charge on any atom is -0.355 e. The fourth-order valence-corrected chi connectivity index (χ4v) is 2.40. The second-order valence-corrected chi connectivity index (χ2v) is 4.82. The fourth-order valence-electron chi connectivity index (χ4n) is 2.40. The van der Waals surface area contributed by atoms with Gasteiger partial charge in [-0.2, -0.15) is 0 Å². The Morgan fingerprint density at radius 1 is 1.24 bits per heavy atom. The molecule has 2 rings (SSSR count). The molecule has 0 aromatic carbocycles. The third-order valence-electron chi connectivity index (χ3n) is 3.59. The van der Waals surface area contributed by atoms with E-state index in [0.717, 1.165) is 19.0 Å². The van der Waals surface area contributed by atoms with Crippen LogP contribution >= 0.6 is 24.0 Å². The van der Waals surface area contributed by atoms with Gasteiger partial charge in [-0.1, -0.05) is 12.8 Å². The van der Waals surface area contributed by atoms with E-state index in [9.17, 15) is 0 Å². The maximum absolute atomic E-state index is 4.27. The number of aliphatic imine (C=N–C) groups is 1. The third kappa shape index (κ3) is 4.99. The molecule has 5 heteroatoms. The summed E-state index contributed by atoms with van der Waals surface area (Å²) >= 11 is 0. The predicted octanol–water partition coefficient (Wildman–Crippen LogP) is 1.42. The first-order valence-electron chi connectivity index (χ1n) is 6.58. The minimum atomic E-state index is 0. The van der Waals surface area contributed by atoms with Crippen LogP contribution in [0.25, 0.3) is 0 Å². The van der Waals surface area contributed by atoms with Crippen molar-refractivity contribution in [3.8, 4) is 0 Å². The highest BCUT2D eigenvalue weighted by Gasteiger charge is 2.16. The third-order valence-corrected chi connectivity index (χ3v) is 3.59. The lowest BCUT2D eigenvalue weighted by Gasteiger charge is -2.30. The Kier molecular flexibility index (Phi) is 7.18. The summed E-state index contributed by atoms with van der Waals surface area (Å²) in [6.07, 6.45) is 6.69. The molecule has 0 aromatic rings. The van der Waals surface area contributed by atoms with Crippen LogP contribution in [0.3, 0.4) is 0 Å². The maximum atomic E-state index is 4.27. The first-order chi connectivity index (χ1) is 7.88. The van der Waals surface area contributed by atoms with Crippen molar-refractivity contribution in [2.45, 2.75) is 38.1 Å². The van der Waals surface area contributed by atoms with Crippen LogP contribution in [-0.4, -0.2) is 50.1 Å². The Morgan fingerprint density at radius 3 is 2.47 bits per heavy atom. The van der Waals surface area contributed by atoms with Crippen LogP contribution in [0.15, 0.2) is 4.99 Å². The van der Waals surface area contributed by atoms with Crippen LogP contribution in [0.4, 0.5) is 0 Å². The molecule has 0 spiro atoms. The molecule has 2 fully saturated rings. The zero-order valence-corrected chi connectivity index (χ0v) is 13.1. The molecule has 17 heavy (non-hydrogen) atoms. The molecule has 2 N–H and O–H groups in total. The smallest absolute Gasteiger partial charge is 0.191 e. The van der Waals surface area contributed by atoms with E-state index < -0.39 is 0 Å². The van der Waals surface area contributed by atoms with Gasteiger partial charge in [0.1, 0.15) is 0 Å². The van der Waals surface area contributed by atoms with Gasteiger partial charge < -0.3 is 15.5 Å². The number of guanidine groups is 1. The van der Waals surface area contributed by atoms with E-state index >= 15 is 0 Å². The Hall–Kier alpha value is -0.0400. The number of hydrogen-bond donors (Lipinski definition) is 2. The molecule has 1 saturated carbocycles. The molecule has 1 aliphatic carbocycles. The van der Waals surface area contributed by atoms with Gasteiger partial charge in [0.15, 0.2) is 5.96 Å². The van der Waals surface area contributed by atoms with E-state index in [1.165, 1.54) is 45.2 Å². The molecule has 1 saturated heterocycles. The standard InChI is InChI=1S/C12H24N4.HI/c1-13-12(15-11-5-2-3-6-11)14-7-10-16-8-4-9-16;/h11H,2-10H2,1H3,(H2,13,14,15);1H. The molecule has 1 heterocycles. The number of likely N-dealkylation sites (tertiary alicyclic amines) is 1. The van der Waals surface area contributed by atoms with Gasteiger partial charge in [0, 0.05) is 26.2 Å². The highest BCUT2D eigenvalue weighted by atomic mass is 127. The zero-order chi connectivity index (χ0) is 11.2. The Balaban J connectivity index is 0.00000144. The summed E-state index contributed by atoms with van der Waals surface area (Å²) in [7, 11) is 1.86. The van der Waals surface area contributed by atoms with Crippen LogP contribution in [0.2, 0.25) is 0 Å². The van der Waals surface area contributed by atoms with Gasteiger partial charge in [-0.05, 0) is 32.4 Å². The molecule has 0 aromatic heterocycles. The summed E-state index contributed by atoms with van der Waals surface area (Å²) in [5.74, 6) is 0.979. The lowest BCUT2D eigenvalue weighted by molar-refractivity contribution is 0.185. The molecule has 0 bridgehead atoms. The van der Waals surface area contributed by atoms with E-state index in [1.807, 2.05) is 7.05 Å². The number of nitrogens with zero attached hydrogens (tertiary/aromatic N) is 2. The van der Waals surface area contributed by atoms with Crippen molar-refractivity contribution in [2.24, 2.45) is 4.99 Å². The summed E-state index contributed by atoms with van der Waals surface area (Å²) in [4.78, 5) is 6.74. The van der Waals surface area contributed by atoms with Crippen molar-refractivity contribution in [3.05, 3.63) is 0 Å². The van der Waals surface area contributed by atoms with Crippen molar-refractivity contribution >= 4 is 29.9 Å². The SMILES string of the molecule is CN=C(NCCN1CCC1)NC1CCCC1.I. The van der Waals surface area contributed by atoms with Gasteiger partial charge in [0.2, 0.25) is 0 Å². The lowest BCUT2D eigenvalue weighted by Crippen LogP contribution is -2.47. The summed E-state index contributed by atoms with van der Waals surface area (Å²) in [6.45, 7) is 4.70. The maximum Gasteiger partial charge on any atom is 0.191 e. The number of hydrogen-bond acceptors (Lipinski definition) is 2. The molecular formula is C12H25IN4. The number of rotatable bonds is 4. The van der Waals surface area contributed by atoms with Crippen molar-refractivity contribution in [3.63, 3.8) is 0 Å². The minimum absolute atomic E-state index is 0. The van der Waals surface area contributed by atoms with Crippen LogP contribution < -0.4 is 10.6 Å². The zero-order valence-electron chi connectivity index (χ0n) is 10.7. The fraction of sp³-hybridized carbons (Fsp3) is 0.917. The first kappa shape index (κ1) is 15.0. The molecule has 0 unspecified atom stereocenters. The molecular weight excluding hydrogens is 327 g/mol. The van der Waals surface area contributed by atoms with Crippen molar-refractivity contribution in [1.29, 1.82) is 0 Å². The predicted molar refractivity (Wildman–Crippen MR) is 83.2 cm³/mol. The molecule has 0 atom stereocenters. The Morgan fingerprint density at radius 2 is 1.94 bits per heavy atom. The van der Waals surface area contributed by atoms with Gasteiger partial charge in [0.05, 0.1) is 0 Å². The van der Waals surface area contributed by atoms with Gasteiger partial charge in [0.25, 0.3) is 0 Å². The highest BCUT2D eigenvalue weighted by Crippen LogP contribution is 2.17. The second-order valence-electron chi connectivity index (χ2n) is 4.82. The van der Waals surface area contributed by atoms with Crippen molar-refractivity contribution < 1.29 is 0 Å². The normalized spacial score (nSPS) is 21.8. The summed E-state index contributed by atoms with van der Waals surface area (Å²) in [5.41, 5.74) is 0. The molecule has 0 amide bonds. The Bertz CT molecular complexity index is 235. The van der Waals surface area contributed by atoms with E-state index in [0.29, 0.717) is 6.04 Å². The summed E-state index contributed by atoms with van der Waals surface area (Å²) in [5, 5.41) is 6.89. The van der Waals surface area contributed by atoms with E-state index in [2.05, 4.69) is 20.5 Å². The summed E-state index contributed by atoms with van der Waals surface area (Å²) < 4.78 is 0. The van der Waals surface area contributed by atoms with Crippen LogP contribution in [-0.2, 0) is 0 Å². The molecule has 0 radical (unpaired) electrons. The first-order valence-corrected chi connectivity index (χ1v) is 6.58. The van der Waals surface area contributed by atoms with Gasteiger partial charge >= 0.3 is 0 Å². The Labute approximate surface area is 122 Å².